The largest absolute Gasteiger partial charge is 0.389 e. The van der Waals surface area contributed by atoms with Crippen LogP contribution in [0.25, 0.3) is 0 Å². The standard InChI is InChI=1S/C23H34O3/c1-4-14-7-8-16-19-6-5-11-23(24,22(19,2)3)12-17-15(21(16)26-14)9-10-20-18(17)13-25-20/h4,6,14-18,20-21,24H,1,5,7-13H2,2-3H3. The van der Waals surface area contributed by atoms with Crippen LogP contribution in [0.5, 0.6) is 0 Å². The summed E-state index contributed by atoms with van der Waals surface area (Å²) in [6, 6.07) is 0. The molecule has 144 valence electrons. The van der Waals surface area contributed by atoms with E-state index < -0.39 is 5.60 Å². The maximum Gasteiger partial charge on any atom is 0.0757 e. The third-order valence-electron chi connectivity index (χ3n) is 8.82. The van der Waals surface area contributed by atoms with Crippen LogP contribution in [0, 0.1) is 29.1 Å². The van der Waals surface area contributed by atoms with Crippen molar-refractivity contribution >= 4 is 0 Å². The van der Waals surface area contributed by atoms with Crippen LogP contribution in [0.4, 0.5) is 0 Å². The van der Waals surface area contributed by atoms with E-state index in [4.69, 9.17) is 9.47 Å². The van der Waals surface area contributed by atoms with Crippen molar-refractivity contribution in [3.63, 3.8) is 0 Å². The van der Waals surface area contributed by atoms with E-state index in [-0.39, 0.29) is 17.6 Å². The summed E-state index contributed by atoms with van der Waals surface area (Å²) in [6.45, 7) is 9.46. The number of aliphatic hydroxyl groups is 1. The van der Waals surface area contributed by atoms with E-state index in [0.29, 0.717) is 29.8 Å². The van der Waals surface area contributed by atoms with Gasteiger partial charge in [0.15, 0.2) is 0 Å². The highest BCUT2D eigenvalue weighted by Gasteiger charge is 2.59. The third-order valence-corrected chi connectivity index (χ3v) is 8.82. The van der Waals surface area contributed by atoms with E-state index in [9.17, 15) is 5.11 Å². The second-order valence-electron chi connectivity index (χ2n) is 10.1. The molecule has 3 aliphatic carbocycles. The highest BCUT2D eigenvalue weighted by molar-refractivity contribution is 5.29. The van der Waals surface area contributed by atoms with Gasteiger partial charge >= 0.3 is 0 Å². The number of allylic oxidation sites excluding steroid dienone is 1. The smallest absolute Gasteiger partial charge is 0.0757 e. The van der Waals surface area contributed by atoms with Crippen molar-refractivity contribution in [2.45, 2.75) is 82.7 Å². The molecule has 1 N–H and O–H groups in total. The zero-order chi connectivity index (χ0) is 18.1. The fraction of sp³-hybridized carbons (Fsp3) is 0.826. The van der Waals surface area contributed by atoms with Gasteiger partial charge in [0.1, 0.15) is 0 Å². The quantitative estimate of drug-likeness (QED) is 0.712. The SMILES string of the molecule is C=CC1CCC2C3=CCCC(O)(CC4C5COC5CCC4C2O1)C3(C)C. The van der Waals surface area contributed by atoms with Crippen LogP contribution in [-0.4, -0.2) is 35.6 Å². The van der Waals surface area contributed by atoms with Crippen molar-refractivity contribution < 1.29 is 14.6 Å². The highest BCUT2D eigenvalue weighted by Crippen LogP contribution is 2.60. The summed E-state index contributed by atoms with van der Waals surface area (Å²) >= 11 is 0. The minimum Gasteiger partial charge on any atom is -0.389 e. The van der Waals surface area contributed by atoms with Gasteiger partial charge < -0.3 is 14.6 Å². The molecule has 8 unspecified atom stereocenters. The summed E-state index contributed by atoms with van der Waals surface area (Å²) in [5.74, 6) is 2.16. The molecule has 0 aromatic rings. The number of fused-ring (bicyclic) bond motifs is 8. The van der Waals surface area contributed by atoms with Crippen molar-refractivity contribution in [1.82, 2.24) is 0 Å². The molecule has 0 aromatic heterocycles. The third kappa shape index (κ3) is 2.29. The van der Waals surface area contributed by atoms with Crippen LogP contribution in [-0.2, 0) is 9.47 Å². The Morgan fingerprint density at radius 2 is 2.00 bits per heavy atom. The van der Waals surface area contributed by atoms with Gasteiger partial charge in [0.25, 0.3) is 0 Å². The number of ether oxygens (including phenoxy) is 2. The summed E-state index contributed by atoms with van der Waals surface area (Å²) < 4.78 is 12.6. The van der Waals surface area contributed by atoms with E-state index in [1.165, 1.54) is 18.4 Å². The van der Waals surface area contributed by atoms with Crippen molar-refractivity contribution in [1.29, 1.82) is 0 Å². The molecule has 0 aromatic carbocycles. The molecule has 5 rings (SSSR count). The molecular weight excluding hydrogens is 324 g/mol. The first-order valence-electron chi connectivity index (χ1n) is 10.8. The summed E-state index contributed by atoms with van der Waals surface area (Å²) in [4.78, 5) is 0. The van der Waals surface area contributed by atoms with E-state index in [2.05, 4.69) is 26.5 Å². The zero-order valence-electron chi connectivity index (χ0n) is 16.3. The number of rotatable bonds is 1. The molecule has 2 bridgehead atoms. The monoisotopic (exact) mass is 358 g/mol. The maximum absolute atomic E-state index is 11.9. The Bertz CT molecular complexity index is 623. The molecule has 2 saturated heterocycles. The van der Waals surface area contributed by atoms with E-state index in [0.717, 1.165) is 38.7 Å². The molecule has 0 amide bonds. The minimum absolute atomic E-state index is 0.166. The Morgan fingerprint density at radius 3 is 2.73 bits per heavy atom. The van der Waals surface area contributed by atoms with Gasteiger partial charge in [0, 0.05) is 17.3 Å². The molecular formula is C23H34O3. The van der Waals surface area contributed by atoms with E-state index in [1.54, 1.807) is 0 Å². The lowest BCUT2D eigenvalue weighted by atomic mass is 9.50. The van der Waals surface area contributed by atoms with Crippen LogP contribution < -0.4 is 0 Å². The number of hydrogen-bond acceptors (Lipinski definition) is 3. The summed E-state index contributed by atoms with van der Waals surface area (Å²) in [5, 5.41) is 11.9. The molecule has 3 nitrogen and oxygen atoms in total. The van der Waals surface area contributed by atoms with Crippen molar-refractivity contribution in [3.8, 4) is 0 Å². The first-order valence-corrected chi connectivity index (χ1v) is 10.8. The average Bonchev–Trinajstić information content (AvgIpc) is 2.58. The molecule has 3 heteroatoms. The van der Waals surface area contributed by atoms with Crippen LogP contribution in [0.2, 0.25) is 0 Å². The molecule has 2 saturated carbocycles. The Kier molecular flexibility index (Phi) is 3.98. The van der Waals surface area contributed by atoms with Crippen LogP contribution in [0.3, 0.4) is 0 Å². The molecule has 8 atom stereocenters. The lowest BCUT2D eigenvalue weighted by Gasteiger charge is -2.61. The van der Waals surface area contributed by atoms with Gasteiger partial charge in [0.05, 0.1) is 30.5 Å². The van der Waals surface area contributed by atoms with Gasteiger partial charge in [-0.3, -0.25) is 0 Å². The fourth-order valence-electron chi connectivity index (χ4n) is 7.08. The van der Waals surface area contributed by atoms with Crippen LogP contribution in [0.1, 0.15) is 58.8 Å². The van der Waals surface area contributed by atoms with Gasteiger partial charge in [-0.15, -0.1) is 6.58 Å². The molecule has 2 heterocycles. The average molecular weight is 359 g/mol. The van der Waals surface area contributed by atoms with E-state index >= 15 is 0 Å². The maximum atomic E-state index is 11.9. The lowest BCUT2D eigenvalue weighted by Crippen LogP contribution is -2.62. The van der Waals surface area contributed by atoms with Gasteiger partial charge in [-0.05, 0) is 56.8 Å². The molecule has 4 fully saturated rings. The topological polar surface area (TPSA) is 38.7 Å². The second kappa shape index (κ2) is 5.93. The van der Waals surface area contributed by atoms with Crippen LogP contribution >= 0.6 is 0 Å². The predicted octanol–water partition coefficient (Wildman–Crippen LogP) is 4.26. The summed E-state index contributed by atoms with van der Waals surface area (Å²) in [7, 11) is 0. The van der Waals surface area contributed by atoms with Crippen molar-refractivity contribution in [2.75, 3.05) is 6.61 Å². The Balaban J connectivity index is 1.59. The Hall–Kier alpha value is -0.640. The van der Waals surface area contributed by atoms with Crippen LogP contribution in [0.15, 0.2) is 24.3 Å². The molecule has 5 aliphatic rings. The van der Waals surface area contributed by atoms with Gasteiger partial charge in [0.2, 0.25) is 0 Å². The minimum atomic E-state index is -0.586. The normalized spacial score (nSPS) is 52.1. The first-order chi connectivity index (χ1) is 12.4. The van der Waals surface area contributed by atoms with Gasteiger partial charge in [-0.25, -0.2) is 0 Å². The van der Waals surface area contributed by atoms with E-state index in [1.807, 2.05) is 6.08 Å². The predicted molar refractivity (Wildman–Crippen MR) is 102 cm³/mol. The Morgan fingerprint density at radius 1 is 1.15 bits per heavy atom. The Labute approximate surface area is 157 Å². The fourth-order valence-corrected chi connectivity index (χ4v) is 7.08. The highest BCUT2D eigenvalue weighted by atomic mass is 16.5. The lowest BCUT2D eigenvalue weighted by molar-refractivity contribution is -0.224. The van der Waals surface area contributed by atoms with Crippen molar-refractivity contribution in [3.05, 3.63) is 24.3 Å². The van der Waals surface area contributed by atoms with Crippen molar-refractivity contribution in [2.24, 2.45) is 29.1 Å². The molecule has 2 aliphatic heterocycles. The summed E-state index contributed by atoms with van der Waals surface area (Å²) in [6.07, 6.45) is 12.7. The second-order valence-corrected chi connectivity index (χ2v) is 10.1. The summed E-state index contributed by atoms with van der Waals surface area (Å²) in [5.41, 5.74) is 0.725. The van der Waals surface area contributed by atoms with Gasteiger partial charge in [-0.1, -0.05) is 31.6 Å². The zero-order valence-corrected chi connectivity index (χ0v) is 16.3. The molecule has 26 heavy (non-hydrogen) atoms. The van der Waals surface area contributed by atoms with Gasteiger partial charge in [-0.2, -0.15) is 0 Å². The first kappa shape index (κ1) is 17.5. The molecule has 0 spiro atoms. The molecule has 0 radical (unpaired) electrons. The number of hydrogen-bond donors (Lipinski definition) is 1.